The molecule has 60 heavy (non-hydrogen) atoms. The quantitative estimate of drug-likeness (QED) is 0.0274. The van der Waals surface area contributed by atoms with Crippen LogP contribution in [-0.4, -0.2) is 174 Å². The zero-order valence-electron chi connectivity index (χ0n) is 34.0. The number of nitrogens with zero attached hydrogens (tertiary/aromatic N) is 12. The molecule has 6 rings (SSSR count). The molecular formula is C36H52N16O6S2. The number of nitrogens with one attached hydrogen (secondary N) is 2. The van der Waals surface area contributed by atoms with E-state index in [0.29, 0.717) is 53.2 Å². The van der Waals surface area contributed by atoms with Crippen molar-refractivity contribution < 1.29 is 27.6 Å². The summed E-state index contributed by atoms with van der Waals surface area (Å²) in [6, 6.07) is 9.54. The van der Waals surface area contributed by atoms with Gasteiger partial charge in [0.1, 0.15) is 4.90 Å². The van der Waals surface area contributed by atoms with E-state index < -0.39 is 10.1 Å². The number of rotatable bonds is 18. The van der Waals surface area contributed by atoms with Gasteiger partial charge in [-0.3, -0.25) is 14.4 Å². The molecule has 0 amide bonds. The van der Waals surface area contributed by atoms with Crippen molar-refractivity contribution in [2.24, 2.45) is 0 Å². The first-order valence-corrected chi connectivity index (χ1v) is 21.3. The third-order valence-corrected chi connectivity index (χ3v) is 11.3. The molecule has 0 radical (unpaired) electrons. The number of nitrogen functional groups attached to an aromatic ring is 2. The maximum Gasteiger partial charge on any atom is 0.295 e. The lowest BCUT2D eigenvalue weighted by molar-refractivity contribution is -0.432. The van der Waals surface area contributed by atoms with Gasteiger partial charge in [0, 0.05) is 94.8 Å². The molecule has 2 saturated heterocycles. The first kappa shape index (κ1) is 44.5. The monoisotopic (exact) mass is 868 g/mol. The fourth-order valence-corrected chi connectivity index (χ4v) is 7.69. The van der Waals surface area contributed by atoms with Gasteiger partial charge in [-0.05, 0) is 63.6 Å². The van der Waals surface area contributed by atoms with Crippen molar-refractivity contribution in [3.63, 3.8) is 0 Å². The Labute approximate surface area is 353 Å². The number of hydrogen-bond donors (Lipinski definition) is 6. The topological polar surface area (TPSA) is 266 Å². The van der Waals surface area contributed by atoms with Crippen LogP contribution < -0.4 is 31.9 Å². The first-order chi connectivity index (χ1) is 28.7. The van der Waals surface area contributed by atoms with Gasteiger partial charge < -0.3 is 41.7 Å². The summed E-state index contributed by atoms with van der Waals surface area (Å²) < 4.78 is 40.3. The third-order valence-electron chi connectivity index (χ3n) is 9.73. The molecule has 2 aromatic heterocycles. The number of hydrogen-bond acceptors (Lipinski definition) is 22. The highest BCUT2D eigenvalue weighted by Crippen LogP contribution is 2.31. The Morgan fingerprint density at radius 1 is 0.717 bits per heavy atom. The average Bonchev–Trinajstić information content (AvgIpc) is 3.21. The van der Waals surface area contributed by atoms with Crippen LogP contribution in [0.25, 0.3) is 12.2 Å². The van der Waals surface area contributed by atoms with Gasteiger partial charge in [-0.15, -0.1) is 4.33 Å². The second-order valence-electron chi connectivity index (χ2n) is 14.7. The maximum atomic E-state index is 12.6. The van der Waals surface area contributed by atoms with Crippen LogP contribution >= 0.6 is 12.0 Å². The Balaban J connectivity index is 1.15. The molecule has 4 aromatic rings. The molecule has 0 aliphatic carbocycles. The Morgan fingerprint density at radius 3 is 1.65 bits per heavy atom. The molecule has 2 aliphatic heterocycles. The molecule has 4 heterocycles. The van der Waals surface area contributed by atoms with E-state index in [1.165, 1.54) is 18.2 Å². The van der Waals surface area contributed by atoms with Gasteiger partial charge in [0.2, 0.25) is 35.7 Å². The minimum atomic E-state index is -4.71. The predicted molar refractivity (Wildman–Crippen MR) is 232 cm³/mol. The van der Waals surface area contributed by atoms with Crippen LogP contribution in [0.4, 0.5) is 47.1 Å². The van der Waals surface area contributed by atoms with Crippen molar-refractivity contribution in [2.45, 2.75) is 9.79 Å². The Morgan fingerprint density at radius 2 is 1.18 bits per heavy atom. The number of likely N-dealkylation sites (N-methyl/N-ethyl adjacent to an activating group) is 2. The van der Waals surface area contributed by atoms with E-state index in [9.17, 15) is 13.0 Å². The SMILES string of the molecule is CN(C)CCN1CCN(c2nc(N)nc(Nc3ccc(/C=C/c4ccc(Nc5nc(N)nc(N6CCN(CCN(C)C)CC6)n5)cc4S(=O)(=O)O)c(SOOO)c3)n2)CC1. The third kappa shape index (κ3) is 12.7. The first-order valence-electron chi connectivity index (χ1n) is 19.1. The lowest BCUT2D eigenvalue weighted by Crippen LogP contribution is -2.48. The van der Waals surface area contributed by atoms with E-state index >= 15 is 0 Å². The molecule has 0 saturated carbocycles. The smallest absolute Gasteiger partial charge is 0.295 e. The van der Waals surface area contributed by atoms with Crippen LogP contribution in [-0.2, 0) is 19.5 Å². The second-order valence-corrected chi connectivity index (χ2v) is 16.8. The van der Waals surface area contributed by atoms with E-state index in [1.54, 1.807) is 30.3 Å². The number of aromatic nitrogens is 6. The highest BCUT2D eigenvalue weighted by molar-refractivity contribution is 7.94. The molecule has 324 valence electrons. The fraction of sp³-hybridized carbons (Fsp3) is 0.444. The normalized spacial score (nSPS) is 15.7. The summed E-state index contributed by atoms with van der Waals surface area (Å²) in [5.74, 6) is 1.26. The molecule has 2 aromatic carbocycles. The Hall–Kier alpha value is -5.02. The van der Waals surface area contributed by atoms with Crippen molar-refractivity contribution in [2.75, 3.05) is 139 Å². The second kappa shape index (κ2) is 20.5. The lowest BCUT2D eigenvalue weighted by atomic mass is 10.1. The molecule has 2 aliphatic rings. The maximum absolute atomic E-state index is 12.6. The van der Waals surface area contributed by atoms with E-state index in [-0.39, 0.29) is 39.9 Å². The molecule has 0 unspecified atom stereocenters. The van der Waals surface area contributed by atoms with Crippen LogP contribution in [0.5, 0.6) is 0 Å². The number of piperazine rings is 2. The van der Waals surface area contributed by atoms with Crippen molar-refractivity contribution in [1.82, 2.24) is 49.5 Å². The zero-order chi connectivity index (χ0) is 42.8. The van der Waals surface area contributed by atoms with Gasteiger partial charge in [-0.25, -0.2) is 5.26 Å². The van der Waals surface area contributed by atoms with Gasteiger partial charge in [0.15, 0.2) is 0 Å². The molecule has 2 fully saturated rings. The van der Waals surface area contributed by atoms with Crippen molar-refractivity contribution >= 4 is 81.4 Å². The van der Waals surface area contributed by atoms with Crippen LogP contribution in [0, 0.1) is 0 Å². The summed E-state index contributed by atoms with van der Waals surface area (Å²) in [5, 5.41) is 18.9. The highest BCUT2D eigenvalue weighted by atomic mass is 32.2. The van der Waals surface area contributed by atoms with Crippen LogP contribution in [0.1, 0.15) is 11.1 Å². The van der Waals surface area contributed by atoms with Gasteiger partial charge in [-0.2, -0.15) is 38.3 Å². The van der Waals surface area contributed by atoms with Crippen LogP contribution in [0.2, 0.25) is 0 Å². The van der Waals surface area contributed by atoms with Gasteiger partial charge in [0.25, 0.3) is 10.1 Å². The predicted octanol–water partition coefficient (Wildman–Crippen LogP) is 1.92. The summed E-state index contributed by atoms with van der Waals surface area (Å²) in [6.45, 7) is 10.2. The fourth-order valence-electron chi connectivity index (χ4n) is 6.47. The van der Waals surface area contributed by atoms with Crippen LogP contribution in [0.15, 0.2) is 46.2 Å². The van der Waals surface area contributed by atoms with Gasteiger partial charge in [-0.1, -0.05) is 29.3 Å². The van der Waals surface area contributed by atoms with Gasteiger partial charge in [0.05, 0.1) is 12.0 Å². The van der Waals surface area contributed by atoms with Crippen molar-refractivity contribution in [3.8, 4) is 0 Å². The Bertz CT molecular complexity index is 2200. The van der Waals surface area contributed by atoms with Crippen LogP contribution in [0.3, 0.4) is 0 Å². The molecule has 22 nitrogen and oxygen atoms in total. The Kier molecular flexibility index (Phi) is 15.2. The molecular weight excluding hydrogens is 817 g/mol. The molecule has 8 N–H and O–H groups in total. The van der Waals surface area contributed by atoms with Crippen molar-refractivity contribution in [1.29, 1.82) is 0 Å². The molecule has 0 atom stereocenters. The van der Waals surface area contributed by atoms with Crippen molar-refractivity contribution in [3.05, 3.63) is 47.5 Å². The molecule has 0 spiro atoms. The lowest BCUT2D eigenvalue weighted by Gasteiger charge is -2.35. The number of nitrogens with two attached hydrogens (primary N) is 2. The average molecular weight is 869 g/mol. The summed E-state index contributed by atoms with van der Waals surface area (Å²) in [5.41, 5.74) is 13.7. The minimum Gasteiger partial charge on any atom is -0.368 e. The number of anilines is 8. The van der Waals surface area contributed by atoms with E-state index in [1.807, 2.05) is 19.0 Å². The molecule has 24 heteroatoms. The summed E-state index contributed by atoms with van der Waals surface area (Å²) in [4.78, 5) is 39.5. The largest absolute Gasteiger partial charge is 0.368 e. The summed E-state index contributed by atoms with van der Waals surface area (Å²) in [7, 11) is 3.50. The van der Waals surface area contributed by atoms with E-state index in [0.717, 1.165) is 65.4 Å². The summed E-state index contributed by atoms with van der Waals surface area (Å²) in [6.07, 6.45) is 3.12. The number of benzene rings is 2. The standard InChI is InChI=1S/C36H52N16O6S2/c1-47(2)11-13-49-15-19-51(20-16-49)35-43-31(37)41-33(45-35)39-27-9-7-25(29(23-27)59-58-57-53)5-6-26-8-10-28(24-30(26)60(54,55)56)40-34-42-32(38)44-36(46-34)52-21-17-50(18-22-52)14-12-48(3)4/h5-10,23-24,53H,11-22H2,1-4H3,(H,54,55,56)(H3,37,39,41,43,45)(H3,38,40,42,44,46)/b6-5+. The minimum absolute atomic E-state index is 0.0000885. The molecule has 0 bridgehead atoms. The zero-order valence-corrected chi connectivity index (χ0v) is 35.6. The van der Waals surface area contributed by atoms with Gasteiger partial charge >= 0.3 is 0 Å². The highest BCUT2D eigenvalue weighted by Gasteiger charge is 2.23. The van der Waals surface area contributed by atoms with E-state index in [4.69, 9.17) is 21.1 Å². The van der Waals surface area contributed by atoms with E-state index in [2.05, 4.69) is 84.2 Å². The summed E-state index contributed by atoms with van der Waals surface area (Å²) >= 11 is 0.699.